The van der Waals surface area contributed by atoms with E-state index in [1.54, 1.807) is 49.0 Å². The van der Waals surface area contributed by atoms with Crippen LogP contribution in [0, 0.1) is 17.0 Å². The topological polar surface area (TPSA) is 96.7 Å². The molecule has 8 heteroatoms. The lowest BCUT2D eigenvalue weighted by Gasteiger charge is -2.18. The maximum absolute atomic E-state index is 13.1. The molecule has 0 fully saturated rings. The van der Waals surface area contributed by atoms with Crippen LogP contribution in [0.15, 0.2) is 47.7 Å². The van der Waals surface area contributed by atoms with E-state index in [2.05, 4.69) is 4.99 Å². The number of nitro groups is 1. The first kappa shape index (κ1) is 19.6. The summed E-state index contributed by atoms with van der Waals surface area (Å²) in [6.07, 6.45) is 3.27. The number of carbonyl (C=O) groups is 1. The van der Waals surface area contributed by atoms with Gasteiger partial charge in [0.15, 0.2) is 12.4 Å². The van der Waals surface area contributed by atoms with E-state index >= 15 is 0 Å². The Morgan fingerprint density at radius 3 is 2.77 bits per heavy atom. The van der Waals surface area contributed by atoms with Gasteiger partial charge in [-0.25, -0.2) is 0 Å². The molecule has 1 unspecified atom stereocenters. The summed E-state index contributed by atoms with van der Waals surface area (Å²) in [6, 6.07) is 6.83. The molecule has 0 amide bonds. The Hall–Kier alpha value is -2.71. The molecule has 2 rings (SSSR count). The molecule has 2 aromatic rings. The van der Waals surface area contributed by atoms with Gasteiger partial charge in [0.25, 0.3) is 5.69 Å². The summed E-state index contributed by atoms with van der Waals surface area (Å²) in [5.74, 6) is -0.393. The van der Waals surface area contributed by atoms with Crippen molar-refractivity contribution in [2.45, 2.75) is 26.5 Å². The smallest absolute Gasteiger partial charge is 0.273 e. The highest BCUT2D eigenvalue weighted by atomic mass is 32.1. The second-order valence-electron chi connectivity index (χ2n) is 5.66. The second kappa shape index (κ2) is 8.59. The lowest BCUT2D eigenvalue weighted by molar-refractivity contribution is -0.692. The van der Waals surface area contributed by atoms with Crippen LogP contribution < -0.4 is 4.57 Å². The van der Waals surface area contributed by atoms with Crippen molar-refractivity contribution in [2.75, 3.05) is 6.54 Å². The second-order valence-corrected chi connectivity index (χ2v) is 6.07. The number of Topliss-reactive ketones (excluding diaryl/α,β-unsaturated/α-hetero) is 1. The van der Waals surface area contributed by atoms with Gasteiger partial charge in [0.2, 0.25) is 11.8 Å². The Morgan fingerprint density at radius 1 is 1.42 bits per heavy atom. The number of aryl methyl sites for hydroxylation is 1. The Kier molecular flexibility index (Phi) is 6.48. The highest BCUT2D eigenvalue weighted by Gasteiger charge is 2.30. The van der Waals surface area contributed by atoms with Crippen LogP contribution in [-0.4, -0.2) is 27.4 Å². The van der Waals surface area contributed by atoms with Crippen molar-refractivity contribution in [3.8, 4) is 0 Å². The van der Waals surface area contributed by atoms with Crippen LogP contribution in [-0.2, 0) is 19.2 Å². The van der Waals surface area contributed by atoms with Crippen LogP contribution in [0.5, 0.6) is 0 Å². The summed E-state index contributed by atoms with van der Waals surface area (Å²) in [6.45, 7) is 3.64. The predicted octanol–water partition coefficient (Wildman–Crippen LogP) is 2.07. The molecular formula is C18H19N3O4S. The summed E-state index contributed by atoms with van der Waals surface area (Å²) in [7, 11) is 0. The van der Waals surface area contributed by atoms with Gasteiger partial charge in [0.05, 0.1) is 11.5 Å². The van der Waals surface area contributed by atoms with E-state index in [1.807, 2.05) is 0 Å². The van der Waals surface area contributed by atoms with Crippen molar-refractivity contribution in [1.82, 2.24) is 0 Å². The maximum Gasteiger partial charge on any atom is 0.273 e. The molecule has 0 aliphatic heterocycles. The molecule has 0 saturated heterocycles. The zero-order valence-electron chi connectivity index (χ0n) is 14.5. The van der Waals surface area contributed by atoms with E-state index in [1.165, 1.54) is 12.1 Å². The number of nitro benzene ring substituents is 1. The number of aliphatic hydroxyl groups is 1. The fourth-order valence-electron chi connectivity index (χ4n) is 2.53. The summed E-state index contributed by atoms with van der Waals surface area (Å²) in [5.41, 5.74) is 1.14. The summed E-state index contributed by atoms with van der Waals surface area (Å²) in [4.78, 5) is 27.9. The first-order valence-corrected chi connectivity index (χ1v) is 8.41. The number of benzene rings is 1. The van der Waals surface area contributed by atoms with Gasteiger partial charge in [-0.3, -0.25) is 14.9 Å². The number of carbonyl (C=O) groups excluding carboxylic acids is 1. The molecule has 0 saturated carbocycles. The van der Waals surface area contributed by atoms with Gasteiger partial charge in [0, 0.05) is 35.4 Å². The first-order chi connectivity index (χ1) is 12.4. The molecule has 0 bridgehead atoms. The Labute approximate surface area is 156 Å². The molecule has 0 spiro atoms. The fourth-order valence-corrected chi connectivity index (χ4v) is 2.89. The maximum atomic E-state index is 13.1. The Morgan fingerprint density at radius 2 is 2.15 bits per heavy atom. The number of aliphatic imine (C=N–C) groups is 1. The lowest BCUT2D eigenvalue weighted by atomic mass is 10.0. The molecule has 26 heavy (non-hydrogen) atoms. The van der Waals surface area contributed by atoms with Crippen LogP contribution in [0.4, 0.5) is 5.69 Å². The van der Waals surface area contributed by atoms with Crippen LogP contribution in [0.25, 0.3) is 0 Å². The van der Waals surface area contributed by atoms with Crippen molar-refractivity contribution in [1.29, 1.82) is 0 Å². The fraction of sp³-hybridized carbons (Fsp3) is 0.278. The van der Waals surface area contributed by atoms with Gasteiger partial charge in [-0.1, -0.05) is 12.1 Å². The monoisotopic (exact) mass is 373 g/mol. The highest BCUT2D eigenvalue weighted by molar-refractivity contribution is 7.77. The zero-order chi connectivity index (χ0) is 19.3. The minimum absolute atomic E-state index is 0.123. The van der Waals surface area contributed by atoms with Crippen molar-refractivity contribution in [2.24, 2.45) is 4.99 Å². The molecule has 0 radical (unpaired) electrons. The van der Waals surface area contributed by atoms with E-state index in [4.69, 9.17) is 12.6 Å². The molecule has 7 nitrogen and oxygen atoms in total. The van der Waals surface area contributed by atoms with Gasteiger partial charge < -0.3 is 22.7 Å². The number of aromatic nitrogens is 1. The van der Waals surface area contributed by atoms with E-state index in [-0.39, 0.29) is 22.9 Å². The van der Waals surface area contributed by atoms with Crippen LogP contribution in [0.2, 0.25) is 0 Å². The zero-order valence-corrected chi connectivity index (χ0v) is 15.3. The minimum atomic E-state index is -0.918. The molecule has 0 aliphatic rings. The quantitative estimate of drug-likeness (QED) is 0.152. The van der Waals surface area contributed by atoms with E-state index in [0.717, 1.165) is 0 Å². The standard InChI is InChI=1S/C18H19N3O4S/c1-3-19-18(26)16(20-8-4-5-13(10-20)11-22)17(23)14-7-6-12(2)15(9-14)21(24)25/h4-10,16,22H,3,11H2,1-2H3. The number of hydrogen-bond donors (Lipinski definition) is 1. The first-order valence-electron chi connectivity index (χ1n) is 8.00. The largest absolute Gasteiger partial charge is 0.758 e. The molecule has 136 valence electrons. The Bertz CT molecular complexity index is 867. The van der Waals surface area contributed by atoms with Gasteiger partial charge in [-0.15, -0.1) is 0 Å². The number of aliphatic hydroxyl groups excluding tert-OH is 1. The van der Waals surface area contributed by atoms with Crippen LogP contribution in [0.1, 0.15) is 34.5 Å². The van der Waals surface area contributed by atoms with E-state index < -0.39 is 16.7 Å². The average Bonchev–Trinajstić information content (AvgIpc) is 2.62. The van der Waals surface area contributed by atoms with Gasteiger partial charge >= 0.3 is 0 Å². The molecule has 1 aromatic heterocycles. The van der Waals surface area contributed by atoms with Crippen molar-refractivity contribution >= 4 is 29.1 Å². The summed E-state index contributed by atoms with van der Waals surface area (Å²) >= 11 is 5.32. The number of rotatable bonds is 7. The third kappa shape index (κ3) is 4.27. The minimum Gasteiger partial charge on any atom is -0.758 e. The van der Waals surface area contributed by atoms with E-state index in [0.29, 0.717) is 17.7 Å². The SMILES string of the molecule is CCN=C([S-])C(C(=O)c1ccc(C)c([N+](=O)[O-])c1)[n+]1cccc(CO)c1. The number of pyridine rings is 1. The lowest BCUT2D eigenvalue weighted by Crippen LogP contribution is -2.48. The predicted molar refractivity (Wildman–Crippen MR) is 99.1 cm³/mol. The molecule has 0 aliphatic carbocycles. The molecule has 1 N–H and O–H groups in total. The Balaban J connectivity index is 2.55. The summed E-state index contributed by atoms with van der Waals surface area (Å²) < 4.78 is 1.57. The molecular weight excluding hydrogens is 354 g/mol. The van der Waals surface area contributed by atoms with Gasteiger partial charge in [0.1, 0.15) is 0 Å². The summed E-state index contributed by atoms with van der Waals surface area (Å²) in [5, 5.41) is 20.7. The third-order valence-corrected chi connectivity index (χ3v) is 4.20. The number of nitrogens with zero attached hydrogens (tertiary/aromatic N) is 3. The van der Waals surface area contributed by atoms with Crippen LogP contribution >= 0.6 is 0 Å². The van der Waals surface area contributed by atoms with Gasteiger partial charge in [-0.05, 0) is 25.0 Å². The van der Waals surface area contributed by atoms with Crippen LogP contribution in [0.3, 0.4) is 0 Å². The molecule has 1 atom stereocenters. The third-order valence-electron chi connectivity index (χ3n) is 3.85. The van der Waals surface area contributed by atoms with Crippen molar-refractivity contribution in [3.05, 3.63) is 69.5 Å². The van der Waals surface area contributed by atoms with E-state index in [9.17, 15) is 20.0 Å². The van der Waals surface area contributed by atoms with Gasteiger partial charge in [-0.2, -0.15) is 4.57 Å². The molecule has 1 heterocycles. The molecule has 1 aromatic carbocycles. The number of hydrogen-bond acceptors (Lipinski definition) is 6. The normalized spacial score (nSPS) is 12.7. The van der Waals surface area contributed by atoms with Crippen molar-refractivity contribution in [3.63, 3.8) is 0 Å². The highest BCUT2D eigenvalue weighted by Crippen LogP contribution is 2.22. The average molecular weight is 373 g/mol. The number of ketones is 1. The van der Waals surface area contributed by atoms with Crippen molar-refractivity contribution < 1.29 is 19.4 Å².